The number of carbonyl (C=O) groups is 1. The van der Waals surface area contributed by atoms with Gasteiger partial charge in [-0.2, -0.15) is 0 Å². The van der Waals surface area contributed by atoms with Gasteiger partial charge in [-0.25, -0.2) is 0 Å². The van der Waals surface area contributed by atoms with Crippen molar-refractivity contribution in [2.45, 2.75) is 24.6 Å². The van der Waals surface area contributed by atoms with Gasteiger partial charge in [0, 0.05) is 5.31 Å². The van der Waals surface area contributed by atoms with Gasteiger partial charge in [-0.05, 0) is 24.4 Å². The van der Waals surface area contributed by atoms with Crippen LogP contribution in [0.25, 0.3) is 0 Å². The molecule has 0 atom stereocenters. The lowest BCUT2D eigenvalue weighted by atomic mass is 9.56. The van der Waals surface area contributed by atoms with Crippen LogP contribution in [0.3, 0.4) is 0 Å². The van der Waals surface area contributed by atoms with Gasteiger partial charge in [0.2, 0.25) is 5.24 Å². The second-order valence-electron chi connectivity index (χ2n) is 2.28. The van der Waals surface area contributed by atoms with E-state index in [9.17, 15) is 4.79 Å². The standard InChI is InChI=1S/C5H6BClO/c6-5(4(7)8)2-1-3-5/h1-3H2. The highest BCUT2D eigenvalue weighted by Crippen LogP contribution is 2.46. The lowest BCUT2D eigenvalue weighted by Gasteiger charge is -2.34. The van der Waals surface area contributed by atoms with Gasteiger partial charge in [0.15, 0.2) is 0 Å². The highest BCUT2D eigenvalue weighted by molar-refractivity contribution is 6.69. The van der Waals surface area contributed by atoms with Crippen LogP contribution in [0.1, 0.15) is 19.3 Å². The van der Waals surface area contributed by atoms with Crippen LogP contribution in [-0.4, -0.2) is 13.1 Å². The molecule has 42 valence electrons. The summed E-state index contributed by atoms with van der Waals surface area (Å²) in [5.74, 6) is 0. The van der Waals surface area contributed by atoms with E-state index >= 15 is 0 Å². The summed E-state index contributed by atoms with van der Waals surface area (Å²) < 4.78 is 0. The van der Waals surface area contributed by atoms with Gasteiger partial charge in [-0.1, -0.05) is 6.42 Å². The molecular weight excluding hydrogens is 122 g/mol. The quantitative estimate of drug-likeness (QED) is 0.384. The highest BCUT2D eigenvalue weighted by atomic mass is 35.5. The molecule has 1 rings (SSSR count). The topological polar surface area (TPSA) is 17.1 Å². The highest BCUT2D eigenvalue weighted by Gasteiger charge is 2.36. The van der Waals surface area contributed by atoms with E-state index in [1.807, 2.05) is 0 Å². The van der Waals surface area contributed by atoms with E-state index < -0.39 is 5.31 Å². The van der Waals surface area contributed by atoms with Gasteiger partial charge in [-0.15, -0.1) is 0 Å². The lowest BCUT2D eigenvalue weighted by Crippen LogP contribution is -2.27. The zero-order valence-corrected chi connectivity index (χ0v) is 5.24. The number of carbonyl (C=O) groups excluding carboxylic acids is 1. The maximum Gasteiger partial charge on any atom is 0.219 e. The van der Waals surface area contributed by atoms with Crippen LogP contribution < -0.4 is 0 Å². The van der Waals surface area contributed by atoms with Crippen molar-refractivity contribution in [1.82, 2.24) is 0 Å². The summed E-state index contributed by atoms with van der Waals surface area (Å²) in [5, 5.41) is -1.04. The van der Waals surface area contributed by atoms with Gasteiger partial charge in [0.25, 0.3) is 0 Å². The smallest absolute Gasteiger partial charge is 0.219 e. The Morgan fingerprint density at radius 3 is 2.12 bits per heavy atom. The van der Waals surface area contributed by atoms with Gasteiger partial charge < -0.3 is 0 Å². The molecule has 1 aliphatic carbocycles. The molecule has 8 heavy (non-hydrogen) atoms. The van der Waals surface area contributed by atoms with Crippen molar-refractivity contribution in [3.63, 3.8) is 0 Å². The van der Waals surface area contributed by atoms with Crippen molar-refractivity contribution in [1.29, 1.82) is 0 Å². The van der Waals surface area contributed by atoms with Gasteiger partial charge in [0.1, 0.15) is 0 Å². The number of hydrogen-bond acceptors (Lipinski definition) is 1. The zero-order valence-electron chi connectivity index (χ0n) is 4.48. The van der Waals surface area contributed by atoms with Crippen molar-refractivity contribution >= 4 is 24.7 Å². The van der Waals surface area contributed by atoms with Crippen LogP contribution in [0.5, 0.6) is 0 Å². The van der Waals surface area contributed by atoms with Crippen LogP contribution in [0.15, 0.2) is 0 Å². The minimum absolute atomic E-state index is 0.385. The van der Waals surface area contributed by atoms with E-state index in [0.717, 1.165) is 19.3 Å². The van der Waals surface area contributed by atoms with Crippen LogP contribution >= 0.6 is 11.6 Å². The minimum atomic E-state index is -0.651. The third-order valence-corrected chi connectivity index (χ3v) is 2.01. The first-order chi connectivity index (χ1) is 3.65. The van der Waals surface area contributed by atoms with Crippen molar-refractivity contribution in [3.8, 4) is 0 Å². The van der Waals surface area contributed by atoms with Crippen LogP contribution in [-0.2, 0) is 4.79 Å². The normalized spacial score (nSPS) is 24.1. The number of rotatable bonds is 1. The van der Waals surface area contributed by atoms with Crippen molar-refractivity contribution in [2.75, 3.05) is 0 Å². The van der Waals surface area contributed by atoms with Crippen LogP contribution in [0, 0.1) is 0 Å². The van der Waals surface area contributed by atoms with E-state index in [1.54, 1.807) is 0 Å². The molecule has 0 unspecified atom stereocenters. The third-order valence-electron chi connectivity index (χ3n) is 1.64. The average Bonchev–Trinajstić information content (AvgIpc) is 1.60. The molecule has 0 bridgehead atoms. The SMILES string of the molecule is [B]C1(C(=O)Cl)CCC1. The molecule has 1 saturated carbocycles. The fourth-order valence-corrected chi connectivity index (χ4v) is 0.943. The Bertz CT molecular complexity index is 120. The van der Waals surface area contributed by atoms with Gasteiger partial charge in [0.05, 0.1) is 7.85 Å². The first kappa shape index (κ1) is 6.15. The Labute approximate surface area is 54.8 Å². The fraction of sp³-hybridized carbons (Fsp3) is 0.800. The van der Waals surface area contributed by atoms with Crippen molar-refractivity contribution in [3.05, 3.63) is 0 Å². The molecular formula is C5H6BClO. The third kappa shape index (κ3) is 0.773. The Kier molecular flexibility index (Phi) is 1.36. The number of halogens is 1. The Balaban J connectivity index is 2.53. The fourth-order valence-electron chi connectivity index (χ4n) is 0.754. The summed E-state index contributed by atoms with van der Waals surface area (Å²) in [6, 6.07) is 0. The molecule has 0 saturated heterocycles. The molecule has 0 amide bonds. The van der Waals surface area contributed by atoms with Crippen molar-refractivity contribution in [2.24, 2.45) is 0 Å². The molecule has 0 aromatic rings. The Morgan fingerprint density at radius 1 is 1.62 bits per heavy atom. The molecule has 1 aliphatic rings. The molecule has 0 N–H and O–H groups in total. The summed E-state index contributed by atoms with van der Waals surface area (Å²) in [6.45, 7) is 0. The molecule has 1 nitrogen and oxygen atoms in total. The van der Waals surface area contributed by atoms with E-state index in [4.69, 9.17) is 19.4 Å². The minimum Gasteiger partial charge on any atom is -0.282 e. The Hall–Kier alpha value is 0.0249. The largest absolute Gasteiger partial charge is 0.282 e. The maximum atomic E-state index is 10.4. The molecule has 0 aromatic heterocycles. The number of hydrogen-bond donors (Lipinski definition) is 0. The maximum absolute atomic E-state index is 10.4. The molecule has 2 radical (unpaired) electrons. The summed E-state index contributed by atoms with van der Waals surface area (Å²) in [7, 11) is 5.46. The van der Waals surface area contributed by atoms with E-state index in [1.165, 1.54) is 0 Å². The van der Waals surface area contributed by atoms with Crippen molar-refractivity contribution < 1.29 is 4.79 Å². The summed E-state index contributed by atoms with van der Waals surface area (Å²) in [5.41, 5.74) is 0. The predicted octanol–water partition coefficient (Wildman–Crippen LogP) is 1.26. The molecule has 0 aliphatic heterocycles. The zero-order chi connectivity index (χ0) is 6.20. The van der Waals surface area contributed by atoms with Crippen LogP contribution in [0.2, 0.25) is 5.31 Å². The Morgan fingerprint density at radius 2 is 2.12 bits per heavy atom. The average molecular weight is 128 g/mol. The molecule has 0 heterocycles. The lowest BCUT2D eigenvalue weighted by molar-refractivity contribution is -0.116. The van der Waals surface area contributed by atoms with E-state index in [2.05, 4.69) is 0 Å². The monoisotopic (exact) mass is 128 g/mol. The first-order valence-electron chi connectivity index (χ1n) is 2.64. The first-order valence-corrected chi connectivity index (χ1v) is 3.02. The van der Waals surface area contributed by atoms with E-state index in [-0.39, 0.29) is 5.24 Å². The summed E-state index contributed by atoms with van der Waals surface area (Å²) >= 11 is 5.16. The summed E-state index contributed by atoms with van der Waals surface area (Å²) in [6.07, 6.45) is 2.56. The van der Waals surface area contributed by atoms with Gasteiger partial charge in [-0.3, -0.25) is 4.79 Å². The summed E-state index contributed by atoms with van der Waals surface area (Å²) in [4.78, 5) is 10.4. The second kappa shape index (κ2) is 1.76. The molecule has 0 aromatic carbocycles. The van der Waals surface area contributed by atoms with Crippen LogP contribution in [0.4, 0.5) is 0 Å². The molecule has 0 spiro atoms. The van der Waals surface area contributed by atoms with Gasteiger partial charge >= 0.3 is 0 Å². The predicted molar refractivity (Wildman–Crippen MR) is 33.2 cm³/mol. The molecule has 1 fully saturated rings. The molecule has 3 heteroatoms. The van der Waals surface area contributed by atoms with E-state index in [0.29, 0.717) is 0 Å². The second-order valence-corrected chi connectivity index (χ2v) is 2.63.